The molecule has 16 heavy (non-hydrogen) atoms. The Morgan fingerprint density at radius 2 is 1.88 bits per heavy atom. The van der Waals surface area contributed by atoms with Crippen molar-refractivity contribution < 1.29 is 19.1 Å². The van der Waals surface area contributed by atoms with E-state index in [0.29, 0.717) is 17.9 Å². The molecule has 1 aromatic rings. The van der Waals surface area contributed by atoms with E-state index in [1.165, 1.54) is 26.4 Å². The predicted molar refractivity (Wildman–Crippen MR) is 57.8 cm³/mol. The maximum Gasteiger partial charge on any atom is 0.250 e. The Hall–Kier alpha value is -2.24. The van der Waals surface area contributed by atoms with Crippen molar-refractivity contribution in [3.05, 3.63) is 17.7 Å². The van der Waals surface area contributed by atoms with Crippen LogP contribution in [-0.4, -0.2) is 26.5 Å². The summed E-state index contributed by atoms with van der Waals surface area (Å²) in [5.74, 6) is 0.106. The molecule has 0 aliphatic heterocycles. The van der Waals surface area contributed by atoms with Gasteiger partial charge in [0.05, 0.1) is 25.5 Å². The van der Waals surface area contributed by atoms with Crippen LogP contribution in [0.25, 0.3) is 0 Å². The smallest absolute Gasteiger partial charge is 0.250 e. The summed E-state index contributed by atoms with van der Waals surface area (Å²) < 4.78 is 10.0. The Kier molecular flexibility index (Phi) is 3.71. The molecule has 0 aliphatic carbocycles. The quantitative estimate of drug-likeness (QED) is 0.707. The fourth-order valence-corrected chi connectivity index (χ4v) is 1.27. The Morgan fingerprint density at radius 1 is 1.31 bits per heavy atom. The van der Waals surface area contributed by atoms with E-state index in [1.807, 2.05) is 0 Å². The van der Waals surface area contributed by atoms with Crippen LogP contribution in [0.1, 0.15) is 10.4 Å². The van der Waals surface area contributed by atoms with E-state index in [4.69, 9.17) is 15.2 Å². The van der Waals surface area contributed by atoms with E-state index in [0.717, 1.165) is 0 Å². The zero-order valence-corrected chi connectivity index (χ0v) is 8.94. The Morgan fingerprint density at radius 3 is 2.31 bits per heavy atom. The molecule has 0 saturated carbocycles. The number of anilines is 1. The number of rotatable bonds is 5. The average Bonchev–Trinajstić information content (AvgIpc) is 2.28. The number of carbonyl (C=O) groups excluding carboxylic acids is 2. The predicted octanol–water partition coefficient (Wildman–Crippen LogP) is 0.371. The lowest BCUT2D eigenvalue weighted by molar-refractivity contribution is -0.105. The van der Waals surface area contributed by atoms with Crippen molar-refractivity contribution in [1.82, 2.24) is 0 Å². The van der Waals surface area contributed by atoms with Crippen molar-refractivity contribution in [3.8, 4) is 11.5 Å². The number of ether oxygens (including phenoxy) is 2. The summed E-state index contributed by atoms with van der Waals surface area (Å²) in [4.78, 5) is 21.5. The van der Waals surface area contributed by atoms with Gasteiger partial charge in [-0.05, 0) is 6.07 Å². The molecule has 0 spiro atoms. The van der Waals surface area contributed by atoms with Gasteiger partial charge in [-0.25, -0.2) is 0 Å². The molecule has 0 bridgehead atoms. The summed E-state index contributed by atoms with van der Waals surface area (Å²) >= 11 is 0. The SMILES string of the molecule is COc1cc(NC=O)c(C(N)=O)cc1OC. The van der Waals surface area contributed by atoms with Gasteiger partial charge in [-0.2, -0.15) is 0 Å². The first-order chi connectivity index (χ1) is 7.63. The number of methoxy groups -OCH3 is 2. The van der Waals surface area contributed by atoms with Crippen molar-refractivity contribution in [2.24, 2.45) is 5.73 Å². The van der Waals surface area contributed by atoms with E-state index in [9.17, 15) is 9.59 Å². The van der Waals surface area contributed by atoms with Crippen molar-refractivity contribution in [1.29, 1.82) is 0 Å². The number of benzene rings is 1. The van der Waals surface area contributed by atoms with Gasteiger partial charge in [0, 0.05) is 6.07 Å². The van der Waals surface area contributed by atoms with Gasteiger partial charge in [0.2, 0.25) is 6.41 Å². The molecule has 0 unspecified atom stereocenters. The number of nitrogens with two attached hydrogens (primary N) is 1. The van der Waals surface area contributed by atoms with Crippen LogP contribution < -0.4 is 20.5 Å². The topological polar surface area (TPSA) is 90.6 Å². The number of hydrogen-bond acceptors (Lipinski definition) is 4. The van der Waals surface area contributed by atoms with Crippen molar-refractivity contribution in [3.63, 3.8) is 0 Å². The molecule has 0 aromatic heterocycles. The van der Waals surface area contributed by atoms with Crippen LogP contribution in [0.15, 0.2) is 12.1 Å². The molecule has 0 radical (unpaired) electrons. The van der Waals surface area contributed by atoms with Gasteiger partial charge in [0.1, 0.15) is 0 Å². The summed E-state index contributed by atoms with van der Waals surface area (Å²) in [6.45, 7) is 0. The molecule has 2 amide bonds. The standard InChI is InChI=1S/C10H12N2O4/c1-15-8-3-6(10(11)14)7(12-5-13)4-9(8)16-2/h3-5H,1-2H3,(H2,11,14)(H,12,13). The minimum atomic E-state index is -0.662. The van der Waals surface area contributed by atoms with Crippen molar-refractivity contribution in [2.45, 2.75) is 0 Å². The second-order valence-corrected chi connectivity index (χ2v) is 2.88. The number of amides is 2. The van der Waals surface area contributed by atoms with Crippen molar-refractivity contribution >= 4 is 18.0 Å². The van der Waals surface area contributed by atoms with Gasteiger partial charge in [-0.3, -0.25) is 9.59 Å². The van der Waals surface area contributed by atoms with Gasteiger partial charge < -0.3 is 20.5 Å². The molecule has 0 heterocycles. The minimum Gasteiger partial charge on any atom is -0.493 e. The lowest BCUT2D eigenvalue weighted by atomic mass is 10.1. The van der Waals surface area contributed by atoms with E-state index < -0.39 is 5.91 Å². The lowest BCUT2D eigenvalue weighted by Crippen LogP contribution is -2.14. The third kappa shape index (κ3) is 2.22. The van der Waals surface area contributed by atoms with Crippen molar-refractivity contribution in [2.75, 3.05) is 19.5 Å². The highest BCUT2D eigenvalue weighted by atomic mass is 16.5. The van der Waals surface area contributed by atoms with Gasteiger partial charge in [-0.15, -0.1) is 0 Å². The molecule has 0 fully saturated rings. The van der Waals surface area contributed by atoms with Crippen LogP contribution >= 0.6 is 0 Å². The first kappa shape index (κ1) is 11.8. The summed E-state index contributed by atoms with van der Waals surface area (Å²) in [6, 6.07) is 2.88. The number of carbonyl (C=O) groups is 2. The highest BCUT2D eigenvalue weighted by Gasteiger charge is 2.14. The third-order valence-corrected chi connectivity index (χ3v) is 2.00. The molecule has 1 rings (SSSR count). The van der Waals surface area contributed by atoms with E-state index in [1.54, 1.807) is 0 Å². The summed E-state index contributed by atoms with van der Waals surface area (Å²) in [7, 11) is 2.89. The maximum atomic E-state index is 11.1. The zero-order valence-electron chi connectivity index (χ0n) is 8.94. The minimum absolute atomic E-state index is 0.157. The second-order valence-electron chi connectivity index (χ2n) is 2.88. The second kappa shape index (κ2) is 5.01. The maximum absolute atomic E-state index is 11.1. The highest BCUT2D eigenvalue weighted by Crippen LogP contribution is 2.32. The summed E-state index contributed by atoms with van der Waals surface area (Å²) in [6.07, 6.45) is 0.452. The molecule has 0 atom stereocenters. The molecule has 6 heteroatoms. The molecular weight excluding hydrogens is 212 g/mol. The van der Waals surface area contributed by atoms with Crippen LogP contribution in [0.2, 0.25) is 0 Å². The molecular formula is C10H12N2O4. The molecule has 0 saturated heterocycles. The van der Waals surface area contributed by atoms with Gasteiger partial charge in [0.15, 0.2) is 11.5 Å². The van der Waals surface area contributed by atoms with E-state index in [2.05, 4.69) is 5.32 Å². The van der Waals surface area contributed by atoms with E-state index >= 15 is 0 Å². The molecule has 86 valence electrons. The third-order valence-electron chi connectivity index (χ3n) is 2.00. The number of hydrogen-bond donors (Lipinski definition) is 2. The monoisotopic (exact) mass is 224 g/mol. The van der Waals surface area contributed by atoms with E-state index in [-0.39, 0.29) is 11.3 Å². The van der Waals surface area contributed by atoms with Crippen LogP contribution in [0.3, 0.4) is 0 Å². The average molecular weight is 224 g/mol. The first-order valence-electron chi connectivity index (χ1n) is 4.40. The van der Waals surface area contributed by atoms with Crippen LogP contribution in [0.4, 0.5) is 5.69 Å². The summed E-state index contributed by atoms with van der Waals surface area (Å²) in [5.41, 5.74) is 5.60. The van der Waals surface area contributed by atoms with Gasteiger partial charge in [0.25, 0.3) is 5.91 Å². The molecule has 6 nitrogen and oxygen atoms in total. The number of nitrogens with one attached hydrogen (secondary N) is 1. The van der Waals surface area contributed by atoms with Crippen LogP contribution in [0.5, 0.6) is 11.5 Å². The largest absolute Gasteiger partial charge is 0.493 e. The Labute approximate surface area is 92.3 Å². The van der Waals surface area contributed by atoms with Gasteiger partial charge in [-0.1, -0.05) is 0 Å². The molecule has 0 aliphatic rings. The van der Waals surface area contributed by atoms with Gasteiger partial charge >= 0.3 is 0 Å². The molecule has 1 aromatic carbocycles. The highest BCUT2D eigenvalue weighted by molar-refractivity contribution is 6.01. The fraction of sp³-hybridized carbons (Fsp3) is 0.200. The lowest BCUT2D eigenvalue weighted by Gasteiger charge is -2.12. The first-order valence-corrected chi connectivity index (χ1v) is 4.40. The Bertz CT molecular complexity index is 418. The number of primary amides is 1. The van der Waals surface area contributed by atoms with Crippen LogP contribution in [-0.2, 0) is 4.79 Å². The Balaban J connectivity index is 3.34. The fourth-order valence-electron chi connectivity index (χ4n) is 1.27. The van der Waals surface area contributed by atoms with Crippen LogP contribution in [0, 0.1) is 0 Å². The molecule has 3 N–H and O–H groups in total. The normalized spacial score (nSPS) is 9.38. The zero-order chi connectivity index (χ0) is 12.1. The summed E-state index contributed by atoms with van der Waals surface area (Å²) in [5, 5.41) is 2.37.